The van der Waals surface area contributed by atoms with Crippen LogP contribution in [0.2, 0.25) is 0 Å². The van der Waals surface area contributed by atoms with Crippen molar-refractivity contribution in [2.24, 2.45) is 5.73 Å². The van der Waals surface area contributed by atoms with Gasteiger partial charge >= 0.3 is 0 Å². The molecule has 0 radical (unpaired) electrons. The van der Waals surface area contributed by atoms with Gasteiger partial charge in [0.25, 0.3) is 0 Å². The summed E-state index contributed by atoms with van der Waals surface area (Å²) in [6.07, 6.45) is 0.333. The van der Waals surface area contributed by atoms with Gasteiger partial charge in [0.1, 0.15) is 5.75 Å². The number of carbonyl (C=O) groups is 2. The fourth-order valence-electron chi connectivity index (χ4n) is 2.19. The molecule has 2 amide bonds. The van der Waals surface area contributed by atoms with Gasteiger partial charge in [-0.15, -0.1) is 0 Å². The van der Waals surface area contributed by atoms with E-state index in [0.717, 1.165) is 16.9 Å². The van der Waals surface area contributed by atoms with Gasteiger partial charge in [-0.3, -0.25) is 9.59 Å². The standard InChI is InChI=1S/C18H20N2O3/c1-20(12-14-3-7-15(8-4-14)18(19)22)17(21)11-13-5-9-16(23-2)10-6-13/h3-10H,11-12H2,1-2H3,(H2,19,22). The van der Waals surface area contributed by atoms with E-state index in [4.69, 9.17) is 10.5 Å². The SMILES string of the molecule is COc1ccc(CC(=O)N(C)Cc2ccc(C(N)=O)cc2)cc1. The molecule has 0 aromatic heterocycles. The molecular weight excluding hydrogens is 292 g/mol. The lowest BCUT2D eigenvalue weighted by atomic mass is 10.1. The van der Waals surface area contributed by atoms with Gasteiger partial charge in [-0.2, -0.15) is 0 Å². The molecule has 0 spiro atoms. The fraction of sp³-hybridized carbons (Fsp3) is 0.222. The summed E-state index contributed by atoms with van der Waals surface area (Å²) in [6, 6.07) is 14.4. The van der Waals surface area contributed by atoms with Crippen molar-refractivity contribution >= 4 is 11.8 Å². The average molecular weight is 312 g/mol. The van der Waals surface area contributed by atoms with Crippen molar-refractivity contribution in [3.63, 3.8) is 0 Å². The predicted molar refractivity (Wildman–Crippen MR) is 88.1 cm³/mol. The van der Waals surface area contributed by atoms with Crippen molar-refractivity contribution in [2.75, 3.05) is 14.2 Å². The smallest absolute Gasteiger partial charge is 0.248 e. The first kappa shape index (κ1) is 16.5. The summed E-state index contributed by atoms with van der Waals surface area (Å²) >= 11 is 0. The molecule has 0 atom stereocenters. The average Bonchev–Trinajstić information content (AvgIpc) is 2.56. The lowest BCUT2D eigenvalue weighted by molar-refractivity contribution is -0.129. The Bertz CT molecular complexity index is 678. The van der Waals surface area contributed by atoms with Crippen LogP contribution in [0.25, 0.3) is 0 Å². The van der Waals surface area contributed by atoms with Crippen LogP contribution in [0, 0.1) is 0 Å². The molecular formula is C18H20N2O3. The highest BCUT2D eigenvalue weighted by Gasteiger charge is 2.11. The summed E-state index contributed by atoms with van der Waals surface area (Å²) in [5.41, 5.74) is 7.55. The van der Waals surface area contributed by atoms with E-state index in [0.29, 0.717) is 18.5 Å². The second kappa shape index (κ2) is 7.45. The normalized spacial score (nSPS) is 10.2. The number of hydrogen-bond donors (Lipinski definition) is 1. The number of nitrogens with zero attached hydrogens (tertiary/aromatic N) is 1. The van der Waals surface area contributed by atoms with Gasteiger partial charge in [0, 0.05) is 19.2 Å². The molecule has 2 aromatic carbocycles. The summed E-state index contributed by atoms with van der Waals surface area (Å²) in [5.74, 6) is 0.332. The monoisotopic (exact) mass is 312 g/mol. The van der Waals surface area contributed by atoms with Gasteiger partial charge in [-0.05, 0) is 35.4 Å². The maximum Gasteiger partial charge on any atom is 0.248 e. The minimum Gasteiger partial charge on any atom is -0.497 e. The number of ether oxygens (including phenoxy) is 1. The third kappa shape index (κ3) is 4.57. The van der Waals surface area contributed by atoms with Gasteiger partial charge in [0.2, 0.25) is 11.8 Å². The van der Waals surface area contributed by atoms with E-state index in [9.17, 15) is 9.59 Å². The third-order valence-electron chi connectivity index (χ3n) is 3.60. The molecule has 0 aliphatic carbocycles. The largest absolute Gasteiger partial charge is 0.497 e. The van der Waals surface area contributed by atoms with Gasteiger partial charge in [0.05, 0.1) is 13.5 Å². The molecule has 5 nitrogen and oxygen atoms in total. The molecule has 0 unspecified atom stereocenters. The highest BCUT2D eigenvalue weighted by molar-refractivity contribution is 5.92. The fourth-order valence-corrected chi connectivity index (χ4v) is 2.19. The quantitative estimate of drug-likeness (QED) is 0.886. The van der Waals surface area contributed by atoms with Crippen LogP contribution in [0.1, 0.15) is 21.5 Å². The van der Waals surface area contributed by atoms with Crippen LogP contribution in [-0.4, -0.2) is 30.9 Å². The van der Waals surface area contributed by atoms with Crippen molar-refractivity contribution in [1.82, 2.24) is 4.90 Å². The van der Waals surface area contributed by atoms with Crippen molar-refractivity contribution in [2.45, 2.75) is 13.0 Å². The number of likely N-dealkylation sites (N-methyl/N-ethyl adjacent to an activating group) is 1. The Morgan fingerprint density at radius 2 is 1.57 bits per heavy atom. The topological polar surface area (TPSA) is 72.6 Å². The number of carbonyl (C=O) groups excluding carboxylic acids is 2. The highest BCUT2D eigenvalue weighted by Crippen LogP contribution is 2.13. The molecule has 0 saturated heterocycles. The minimum absolute atomic E-state index is 0.0224. The first-order valence-electron chi connectivity index (χ1n) is 7.25. The molecule has 0 heterocycles. The van der Waals surface area contributed by atoms with E-state index >= 15 is 0 Å². The second-order valence-electron chi connectivity index (χ2n) is 5.34. The predicted octanol–water partition coefficient (Wildman–Crippen LogP) is 2.00. The van der Waals surface area contributed by atoms with Crippen molar-refractivity contribution in [3.05, 3.63) is 65.2 Å². The summed E-state index contributed by atoms with van der Waals surface area (Å²) in [7, 11) is 3.37. The minimum atomic E-state index is -0.458. The molecule has 2 aromatic rings. The number of primary amides is 1. The van der Waals surface area contributed by atoms with E-state index in [1.54, 1.807) is 43.3 Å². The van der Waals surface area contributed by atoms with Crippen molar-refractivity contribution in [3.8, 4) is 5.75 Å². The van der Waals surface area contributed by atoms with Crippen molar-refractivity contribution in [1.29, 1.82) is 0 Å². The number of nitrogens with two attached hydrogens (primary N) is 1. The van der Waals surface area contributed by atoms with E-state index < -0.39 is 5.91 Å². The van der Waals surface area contributed by atoms with Crippen LogP contribution in [0.3, 0.4) is 0 Å². The van der Waals surface area contributed by atoms with Crippen LogP contribution >= 0.6 is 0 Å². The Hall–Kier alpha value is -2.82. The molecule has 120 valence electrons. The molecule has 2 N–H and O–H groups in total. The summed E-state index contributed by atoms with van der Waals surface area (Å²) in [5, 5.41) is 0. The van der Waals surface area contributed by atoms with Crippen LogP contribution in [0.5, 0.6) is 5.75 Å². The maximum atomic E-state index is 12.3. The number of amides is 2. The molecule has 5 heteroatoms. The first-order valence-corrected chi connectivity index (χ1v) is 7.25. The zero-order valence-corrected chi connectivity index (χ0v) is 13.3. The lowest BCUT2D eigenvalue weighted by Crippen LogP contribution is -2.27. The Morgan fingerprint density at radius 3 is 2.09 bits per heavy atom. The highest BCUT2D eigenvalue weighted by atomic mass is 16.5. The summed E-state index contributed by atoms with van der Waals surface area (Å²) in [4.78, 5) is 25.0. The number of benzene rings is 2. The third-order valence-corrected chi connectivity index (χ3v) is 3.60. The Balaban J connectivity index is 1.94. The zero-order chi connectivity index (χ0) is 16.8. The molecule has 0 bridgehead atoms. The number of methoxy groups -OCH3 is 1. The second-order valence-corrected chi connectivity index (χ2v) is 5.34. The van der Waals surface area contributed by atoms with E-state index in [1.165, 1.54) is 0 Å². The summed E-state index contributed by atoms with van der Waals surface area (Å²) in [6.45, 7) is 0.480. The molecule has 0 fully saturated rings. The molecule has 0 aliphatic heterocycles. The van der Waals surface area contributed by atoms with Crippen LogP contribution in [-0.2, 0) is 17.8 Å². The van der Waals surface area contributed by atoms with Gasteiger partial charge < -0.3 is 15.4 Å². The van der Waals surface area contributed by atoms with Crippen molar-refractivity contribution < 1.29 is 14.3 Å². The number of hydrogen-bond acceptors (Lipinski definition) is 3. The van der Waals surface area contributed by atoms with E-state index in [2.05, 4.69) is 0 Å². The number of rotatable bonds is 6. The van der Waals surface area contributed by atoms with Crippen LogP contribution < -0.4 is 10.5 Å². The van der Waals surface area contributed by atoms with Gasteiger partial charge in [0.15, 0.2) is 0 Å². The Labute approximate surface area is 135 Å². The van der Waals surface area contributed by atoms with Gasteiger partial charge in [-0.25, -0.2) is 0 Å². The molecule has 0 aliphatic rings. The van der Waals surface area contributed by atoms with Crippen LogP contribution in [0.4, 0.5) is 0 Å². The Kier molecular flexibility index (Phi) is 5.36. The maximum absolute atomic E-state index is 12.3. The molecule has 0 saturated carbocycles. The van der Waals surface area contributed by atoms with E-state index in [-0.39, 0.29) is 5.91 Å². The van der Waals surface area contributed by atoms with E-state index in [1.807, 2.05) is 24.3 Å². The molecule has 23 heavy (non-hydrogen) atoms. The first-order chi connectivity index (χ1) is 11.0. The Morgan fingerprint density at radius 1 is 1.00 bits per heavy atom. The van der Waals surface area contributed by atoms with Gasteiger partial charge in [-0.1, -0.05) is 24.3 Å². The summed E-state index contributed by atoms with van der Waals surface area (Å²) < 4.78 is 5.10. The molecule has 2 rings (SSSR count). The lowest BCUT2D eigenvalue weighted by Gasteiger charge is -2.17. The van der Waals surface area contributed by atoms with Crippen LogP contribution in [0.15, 0.2) is 48.5 Å². The zero-order valence-electron chi connectivity index (χ0n) is 13.3.